The summed E-state index contributed by atoms with van der Waals surface area (Å²) in [5, 5.41) is 1.00. The van der Waals surface area contributed by atoms with Gasteiger partial charge in [0.1, 0.15) is 28.3 Å². The molecule has 4 heterocycles. The van der Waals surface area contributed by atoms with E-state index in [1.807, 2.05) is 52.9 Å². The Bertz CT molecular complexity index is 2120. The fourth-order valence-electron chi connectivity index (χ4n) is 7.66. The number of carbonyl (C=O) groups excluding carboxylic acids is 2. The Morgan fingerprint density at radius 1 is 1.04 bits per heavy atom. The summed E-state index contributed by atoms with van der Waals surface area (Å²) in [6.45, 7) is 3.32. The third-order valence-electron chi connectivity index (χ3n) is 10.5. The molecule has 3 aromatic heterocycles. The number of hydrogen-bond acceptors (Lipinski definition) is 6. The largest absolute Gasteiger partial charge is 0.494 e. The highest BCUT2D eigenvalue weighted by Gasteiger charge is 2.47. The van der Waals surface area contributed by atoms with Gasteiger partial charge in [-0.15, -0.1) is 0 Å². The van der Waals surface area contributed by atoms with Gasteiger partial charge in [0.2, 0.25) is 5.91 Å². The van der Waals surface area contributed by atoms with Crippen molar-refractivity contribution < 1.29 is 14.3 Å². The highest BCUT2D eigenvalue weighted by atomic mass is 16.5. The highest BCUT2D eigenvalue weighted by Crippen LogP contribution is 2.42. The Morgan fingerprint density at radius 3 is 2.55 bits per heavy atom. The molecule has 3 aliphatic rings. The van der Waals surface area contributed by atoms with Crippen LogP contribution in [-0.2, 0) is 18.4 Å². The number of carbonyl (C=O) groups is 2. The summed E-state index contributed by atoms with van der Waals surface area (Å²) >= 11 is 0. The topological polar surface area (TPSA) is 134 Å². The first-order valence-corrected chi connectivity index (χ1v) is 16.4. The number of methoxy groups -OCH3 is 1. The van der Waals surface area contributed by atoms with Gasteiger partial charge >= 0.3 is 0 Å². The van der Waals surface area contributed by atoms with Crippen LogP contribution in [0.1, 0.15) is 48.5 Å². The normalized spacial score (nSPS) is 20.9. The first-order valence-electron chi connectivity index (χ1n) is 16.4. The molecule has 1 saturated heterocycles. The predicted molar refractivity (Wildman–Crippen MR) is 183 cm³/mol. The van der Waals surface area contributed by atoms with Crippen LogP contribution in [0.3, 0.4) is 0 Å². The van der Waals surface area contributed by atoms with Gasteiger partial charge in [-0.3, -0.25) is 9.59 Å². The minimum absolute atomic E-state index is 0.0203. The van der Waals surface area contributed by atoms with Crippen LogP contribution in [0.15, 0.2) is 60.3 Å². The van der Waals surface area contributed by atoms with Crippen LogP contribution >= 0.6 is 0 Å². The number of aromatic nitrogens is 4. The minimum Gasteiger partial charge on any atom is -0.494 e. The Hall–Kier alpha value is -4.96. The van der Waals surface area contributed by atoms with E-state index in [-0.39, 0.29) is 18.0 Å². The molecule has 2 bridgehead atoms. The summed E-state index contributed by atoms with van der Waals surface area (Å²) < 4.78 is 10.1. The smallest absolute Gasteiger partial charge is 0.256 e. The fourth-order valence-corrected chi connectivity index (χ4v) is 7.66. The van der Waals surface area contributed by atoms with E-state index >= 15 is 0 Å². The second-order valence-corrected chi connectivity index (χ2v) is 13.4. The molecule has 2 aromatic carbocycles. The van der Waals surface area contributed by atoms with E-state index in [0.29, 0.717) is 46.6 Å². The minimum atomic E-state index is -0.478. The molecule has 10 nitrogen and oxygen atoms in total. The van der Waals surface area contributed by atoms with Crippen LogP contribution in [0.25, 0.3) is 50.8 Å². The summed E-state index contributed by atoms with van der Waals surface area (Å²) in [7, 11) is 3.58. The third kappa shape index (κ3) is 4.81. The predicted octanol–water partition coefficient (Wildman–Crippen LogP) is 5.13. The fraction of sp³-hybridized carbons (Fsp3) is 0.351. The quantitative estimate of drug-likeness (QED) is 0.229. The summed E-state index contributed by atoms with van der Waals surface area (Å²) in [6.07, 6.45) is 8.38. The number of nitrogens with two attached hydrogens (primary N) is 2. The second-order valence-electron chi connectivity index (χ2n) is 13.4. The van der Waals surface area contributed by atoms with Crippen molar-refractivity contribution in [2.45, 2.75) is 51.2 Å². The number of likely N-dealkylation sites (tertiary alicyclic amines) is 1. The van der Waals surface area contributed by atoms with Crippen LogP contribution < -0.4 is 16.2 Å². The average molecular weight is 630 g/mol. The Kier molecular flexibility index (Phi) is 6.94. The number of benzene rings is 2. The van der Waals surface area contributed by atoms with Crippen molar-refractivity contribution in [1.29, 1.82) is 0 Å². The second kappa shape index (κ2) is 11.1. The highest BCUT2D eigenvalue weighted by molar-refractivity contribution is 6.08. The van der Waals surface area contributed by atoms with Gasteiger partial charge < -0.3 is 30.2 Å². The van der Waals surface area contributed by atoms with Crippen molar-refractivity contribution in [2.24, 2.45) is 30.4 Å². The van der Waals surface area contributed by atoms with Crippen molar-refractivity contribution in [3.63, 3.8) is 0 Å². The molecule has 8 rings (SSSR count). The molecule has 2 amide bonds. The summed E-state index contributed by atoms with van der Waals surface area (Å²) in [4.78, 5) is 38.7. The maximum absolute atomic E-state index is 14.1. The van der Waals surface area contributed by atoms with Crippen molar-refractivity contribution in [2.75, 3.05) is 13.7 Å². The number of pyridine rings is 1. The van der Waals surface area contributed by atoms with E-state index in [0.717, 1.165) is 58.3 Å². The molecule has 0 radical (unpaired) electrons. The molecule has 1 aliphatic heterocycles. The maximum atomic E-state index is 14.1. The first-order chi connectivity index (χ1) is 22.7. The SMILES string of the molecule is COc1ccc(C(=O)N2C[C@H]3CC[C@@H]2[C@@H]3N)c2nc(-c3cc4ccn(CC5CC5)c4nc3-c3ccccc3C=C(C)C(N)=O)n(C)c12. The van der Waals surface area contributed by atoms with E-state index < -0.39 is 5.91 Å². The summed E-state index contributed by atoms with van der Waals surface area (Å²) in [5.41, 5.74) is 18.5. The van der Waals surface area contributed by atoms with Crippen molar-refractivity contribution in [3.8, 4) is 28.4 Å². The lowest BCUT2D eigenvalue weighted by atomic mass is 9.97. The molecule has 3 atom stereocenters. The number of fused-ring (bicyclic) bond motifs is 4. The Morgan fingerprint density at radius 2 is 1.85 bits per heavy atom. The molecule has 47 heavy (non-hydrogen) atoms. The van der Waals surface area contributed by atoms with Gasteiger partial charge in [-0.05, 0) is 80.3 Å². The summed E-state index contributed by atoms with van der Waals surface area (Å²) in [5.74, 6) is 1.78. The zero-order chi connectivity index (χ0) is 32.6. The van der Waals surface area contributed by atoms with Crippen molar-refractivity contribution in [1.82, 2.24) is 24.0 Å². The number of rotatable bonds is 8. The van der Waals surface area contributed by atoms with Crippen molar-refractivity contribution >= 4 is 40.0 Å². The molecule has 4 N–H and O–H groups in total. The van der Waals surface area contributed by atoms with E-state index in [9.17, 15) is 9.59 Å². The molecule has 2 aliphatic carbocycles. The Balaban J connectivity index is 1.35. The zero-order valence-corrected chi connectivity index (χ0v) is 26.9. The number of hydrogen-bond donors (Lipinski definition) is 2. The van der Waals surface area contributed by atoms with E-state index in [4.69, 9.17) is 26.2 Å². The number of ether oxygens (including phenoxy) is 1. The molecular formula is C37H39N7O3. The van der Waals surface area contributed by atoms with Gasteiger partial charge in [0, 0.05) is 60.5 Å². The molecule has 240 valence electrons. The lowest BCUT2D eigenvalue weighted by Crippen LogP contribution is -2.41. The van der Waals surface area contributed by atoms with Gasteiger partial charge in [0.15, 0.2) is 0 Å². The summed E-state index contributed by atoms with van der Waals surface area (Å²) in [6, 6.07) is 15.9. The number of nitrogens with zero attached hydrogens (tertiary/aromatic N) is 5. The lowest BCUT2D eigenvalue weighted by molar-refractivity contribution is -0.114. The monoisotopic (exact) mass is 629 g/mol. The standard InChI is InChI=1S/C37H39N7O3/c1-20(34(39)45)16-22-6-4-5-7-25(22)31-27(17-23-14-15-43(35(23)40-31)18-21-8-9-21)36-41-32-26(11-13-29(47-3)33(32)42(36)2)37(46)44-19-24-10-12-28(44)30(24)38/h4-7,11,13-17,21,24,28,30H,8-10,12,18-19,38H2,1-3H3,(H2,39,45)/t24-,28-,30-/m1/s1. The molecule has 0 spiro atoms. The number of amides is 2. The maximum Gasteiger partial charge on any atom is 0.256 e. The van der Waals surface area contributed by atoms with Gasteiger partial charge in [-0.1, -0.05) is 24.3 Å². The first kappa shape index (κ1) is 29.4. The van der Waals surface area contributed by atoms with Gasteiger partial charge in [0.05, 0.1) is 18.4 Å². The van der Waals surface area contributed by atoms with Crippen LogP contribution in [0.4, 0.5) is 0 Å². The molecular weight excluding hydrogens is 590 g/mol. The van der Waals surface area contributed by atoms with Crippen LogP contribution in [-0.4, -0.2) is 61.6 Å². The van der Waals surface area contributed by atoms with Crippen LogP contribution in [0.2, 0.25) is 0 Å². The van der Waals surface area contributed by atoms with Crippen molar-refractivity contribution in [3.05, 3.63) is 71.4 Å². The lowest BCUT2D eigenvalue weighted by Gasteiger charge is -2.27. The van der Waals surface area contributed by atoms with E-state index in [2.05, 4.69) is 22.9 Å². The van der Waals surface area contributed by atoms with Gasteiger partial charge in [-0.25, -0.2) is 9.97 Å². The number of aryl methyl sites for hydroxylation is 1. The number of piperidine rings is 1. The van der Waals surface area contributed by atoms with E-state index in [1.165, 1.54) is 12.8 Å². The molecule has 5 aromatic rings. The Labute approximate surface area is 273 Å². The average Bonchev–Trinajstić information content (AvgIpc) is 3.41. The van der Waals surface area contributed by atoms with Crippen LogP contribution in [0, 0.1) is 11.8 Å². The van der Waals surface area contributed by atoms with E-state index in [1.54, 1.807) is 20.1 Å². The van der Waals surface area contributed by atoms with Gasteiger partial charge in [-0.2, -0.15) is 0 Å². The third-order valence-corrected chi connectivity index (χ3v) is 10.5. The van der Waals surface area contributed by atoms with Crippen LogP contribution in [0.5, 0.6) is 5.75 Å². The molecule has 0 unspecified atom stereocenters. The molecule has 3 fully saturated rings. The van der Waals surface area contributed by atoms with Gasteiger partial charge in [0.25, 0.3) is 5.91 Å². The molecule has 10 heteroatoms. The zero-order valence-electron chi connectivity index (χ0n) is 26.9. The number of primary amides is 1. The number of imidazole rings is 1. The molecule has 2 saturated carbocycles.